The van der Waals surface area contributed by atoms with Gasteiger partial charge < -0.3 is 14.4 Å². The average Bonchev–Trinajstić information content (AvgIpc) is 3.05. The number of imidazole rings is 1. The molecule has 26 heavy (non-hydrogen) atoms. The largest absolute Gasteiger partial charge is 0.368 e. The minimum atomic E-state index is 1.02. The molecule has 0 saturated carbocycles. The lowest BCUT2D eigenvalue weighted by Crippen LogP contribution is -2.47. The van der Waals surface area contributed by atoms with Gasteiger partial charge in [0.05, 0.1) is 11.0 Å². The number of nitrogens with zero attached hydrogens (tertiary/aromatic N) is 4. The number of unbranched alkanes of at least 4 members (excludes halogenated alkanes) is 1. The predicted molar refractivity (Wildman–Crippen MR) is 110 cm³/mol. The van der Waals surface area contributed by atoms with E-state index in [2.05, 4.69) is 76.7 Å². The van der Waals surface area contributed by atoms with Gasteiger partial charge >= 0.3 is 0 Å². The maximum absolute atomic E-state index is 4.97. The molecule has 2 heterocycles. The summed E-state index contributed by atoms with van der Waals surface area (Å²) >= 11 is 0. The van der Waals surface area contributed by atoms with Gasteiger partial charge in [0, 0.05) is 38.4 Å². The van der Waals surface area contributed by atoms with E-state index in [0.29, 0.717) is 0 Å². The molecule has 0 bridgehead atoms. The first-order chi connectivity index (χ1) is 12.8. The summed E-state index contributed by atoms with van der Waals surface area (Å²) in [6.07, 6.45) is 2.39. The van der Waals surface area contributed by atoms with Crippen molar-refractivity contribution < 1.29 is 0 Å². The molecule has 0 spiro atoms. The van der Waals surface area contributed by atoms with E-state index >= 15 is 0 Å². The van der Waals surface area contributed by atoms with Crippen LogP contribution in [0.1, 0.15) is 25.3 Å². The fourth-order valence-corrected chi connectivity index (χ4v) is 3.91. The molecule has 1 aromatic heterocycles. The molecular formula is C22H28N4. The third-order valence-corrected chi connectivity index (χ3v) is 5.39. The van der Waals surface area contributed by atoms with Crippen molar-refractivity contribution in [3.8, 4) is 0 Å². The first-order valence-electron chi connectivity index (χ1n) is 9.78. The van der Waals surface area contributed by atoms with E-state index < -0.39 is 0 Å². The molecule has 1 aliphatic heterocycles. The Labute approximate surface area is 156 Å². The molecule has 4 nitrogen and oxygen atoms in total. The van der Waals surface area contributed by atoms with Gasteiger partial charge in [0.2, 0.25) is 5.95 Å². The minimum Gasteiger partial charge on any atom is -0.368 e. The second kappa shape index (κ2) is 7.40. The number of benzene rings is 2. The highest BCUT2D eigenvalue weighted by Gasteiger charge is 2.22. The van der Waals surface area contributed by atoms with Crippen LogP contribution in [0, 0.1) is 6.92 Å². The second-order valence-corrected chi connectivity index (χ2v) is 7.17. The Balaban J connectivity index is 1.56. The maximum atomic E-state index is 4.97. The Kier molecular flexibility index (Phi) is 4.83. The number of hydrogen-bond acceptors (Lipinski definition) is 3. The van der Waals surface area contributed by atoms with Crippen molar-refractivity contribution in [1.29, 1.82) is 0 Å². The number of hydrogen-bond donors (Lipinski definition) is 0. The number of anilines is 2. The summed E-state index contributed by atoms with van der Waals surface area (Å²) in [6, 6.07) is 17.2. The van der Waals surface area contributed by atoms with E-state index in [4.69, 9.17) is 4.98 Å². The molecular weight excluding hydrogens is 320 g/mol. The van der Waals surface area contributed by atoms with Gasteiger partial charge in [0.1, 0.15) is 0 Å². The number of rotatable bonds is 5. The molecule has 0 atom stereocenters. The molecule has 1 saturated heterocycles. The van der Waals surface area contributed by atoms with Crippen LogP contribution in [0.15, 0.2) is 48.5 Å². The Hall–Kier alpha value is -2.49. The van der Waals surface area contributed by atoms with Crippen molar-refractivity contribution >= 4 is 22.7 Å². The molecule has 0 unspecified atom stereocenters. The van der Waals surface area contributed by atoms with Gasteiger partial charge in [0.15, 0.2) is 0 Å². The molecule has 0 aliphatic carbocycles. The van der Waals surface area contributed by atoms with Crippen LogP contribution in [-0.2, 0) is 6.54 Å². The molecule has 0 amide bonds. The number of piperazine rings is 1. The molecule has 3 aromatic rings. The molecule has 1 fully saturated rings. The third kappa shape index (κ3) is 3.16. The van der Waals surface area contributed by atoms with Crippen LogP contribution >= 0.6 is 0 Å². The third-order valence-electron chi connectivity index (χ3n) is 5.39. The summed E-state index contributed by atoms with van der Waals surface area (Å²) in [5, 5.41) is 0. The zero-order chi connectivity index (χ0) is 17.9. The van der Waals surface area contributed by atoms with Crippen molar-refractivity contribution in [2.24, 2.45) is 0 Å². The number of aryl methyl sites for hydroxylation is 2. The number of fused-ring (bicyclic) bond motifs is 1. The molecule has 1 aliphatic rings. The molecule has 0 radical (unpaired) electrons. The highest BCUT2D eigenvalue weighted by Crippen LogP contribution is 2.26. The van der Waals surface area contributed by atoms with Gasteiger partial charge in [-0.1, -0.05) is 43.7 Å². The van der Waals surface area contributed by atoms with Gasteiger partial charge in [0.25, 0.3) is 0 Å². The number of aromatic nitrogens is 2. The van der Waals surface area contributed by atoms with Crippen LogP contribution in [0.2, 0.25) is 0 Å². The van der Waals surface area contributed by atoms with Gasteiger partial charge in [-0.05, 0) is 37.1 Å². The second-order valence-electron chi connectivity index (χ2n) is 7.17. The van der Waals surface area contributed by atoms with Gasteiger partial charge in [-0.2, -0.15) is 0 Å². The highest BCUT2D eigenvalue weighted by molar-refractivity contribution is 5.79. The van der Waals surface area contributed by atoms with E-state index in [0.717, 1.165) is 44.2 Å². The van der Waals surface area contributed by atoms with Crippen molar-refractivity contribution in [3.63, 3.8) is 0 Å². The molecule has 2 aromatic carbocycles. The van der Waals surface area contributed by atoms with Crippen LogP contribution in [-0.4, -0.2) is 35.7 Å². The minimum absolute atomic E-state index is 1.02. The monoisotopic (exact) mass is 348 g/mol. The number of para-hydroxylation sites is 3. The summed E-state index contributed by atoms with van der Waals surface area (Å²) in [7, 11) is 0. The fourth-order valence-electron chi connectivity index (χ4n) is 3.91. The van der Waals surface area contributed by atoms with Gasteiger partial charge in [-0.25, -0.2) is 4.98 Å². The summed E-state index contributed by atoms with van der Waals surface area (Å²) in [5.41, 5.74) is 5.10. The lowest BCUT2D eigenvalue weighted by atomic mass is 10.1. The van der Waals surface area contributed by atoms with Crippen LogP contribution in [0.3, 0.4) is 0 Å². The van der Waals surface area contributed by atoms with E-state index in [1.54, 1.807) is 0 Å². The Morgan fingerprint density at radius 3 is 2.35 bits per heavy atom. The van der Waals surface area contributed by atoms with Crippen molar-refractivity contribution in [2.45, 2.75) is 33.2 Å². The summed E-state index contributed by atoms with van der Waals surface area (Å²) in [5.74, 6) is 1.14. The van der Waals surface area contributed by atoms with Gasteiger partial charge in [-0.3, -0.25) is 0 Å². The maximum Gasteiger partial charge on any atom is 0.206 e. The van der Waals surface area contributed by atoms with Crippen LogP contribution in [0.4, 0.5) is 11.6 Å². The van der Waals surface area contributed by atoms with E-state index in [1.807, 2.05) is 0 Å². The standard InChI is InChI=1S/C22H28N4/c1-3-4-13-26-21-12-8-6-10-19(21)23-22(26)25-16-14-24(15-17-25)20-11-7-5-9-18(20)2/h5-12H,3-4,13-17H2,1-2H3. The normalized spacial score (nSPS) is 15.0. The topological polar surface area (TPSA) is 24.3 Å². The lowest BCUT2D eigenvalue weighted by Gasteiger charge is -2.37. The highest BCUT2D eigenvalue weighted by atomic mass is 15.4. The van der Waals surface area contributed by atoms with Crippen LogP contribution < -0.4 is 9.80 Å². The van der Waals surface area contributed by atoms with Crippen LogP contribution in [0.25, 0.3) is 11.0 Å². The van der Waals surface area contributed by atoms with E-state index in [-0.39, 0.29) is 0 Å². The smallest absolute Gasteiger partial charge is 0.206 e. The van der Waals surface area contributed by atoms with E-state index in [1.165, 1.54) is 29.6 Å². The summed E-state index contributed by atoms with van der Waals surface area (Å²) in [6.45, 7) is 9.62. The Morgan fingerprint density at radius 1 is 0.885 bits per heavy atom. The SMILES string of the molecule is CCCCn1c(N2CCN(c3ccccc3C)CC2)nc2ccccc21. The predicted octanol–water partition coefficient (Wildman–Crippen LogP) is 4.47. The zero-order valence-electron chi connectivity index (χ0n) is 15.9. The quantitative estimate of drug-likeness (QED) is 0.680. The molecule has 4 heteroatoms. The Bertz CT molecular complexity index is 875. The van der Waals surface area contributed by atoms with Crippen molar-refractivity contribution in [3.05, 3.63) is 54.1 Å². The molecule has 4 rings (SSSR count). The fraction of sp³-hybridized carbons (Fsp3) is 0.409. The van der Waals surface area contributed by atoms with Gasteiger partial charge in [-0.15, -0.1) is 0 Å². The lowest BCUT2D eigenvalue weighted by molar-refractivity contribution is 0.596. The summed E-state index contributed by atoms with van der Waals surface area (Å²) < 4.78 is 2.42. The molecule has 0 N–H and O–H groups in total. The summed E-state index contributed by atoms with van der Waals surface area (Å²) in [4.78, 5) is 9.94. The first-order valence-corrected chi connectivity index (χ1v) is 9.78. The average molecular weight is 348 g/mol. The van der Waals surface area contributed by atoms with Crippen molar-refractivity contribution in [1.82, 2.24) is 9.55 Å². The molecule has 136 valence electrons. The van der Waals surface area contributed by atoms with Crippen LogP contribution in [0.5, 0.6) is 0 Å². The van der Waals surface area contributed by atoms with E-state index in [9.17, 15) is 0 Å². The first kappa shape index (κ1) is 17.0. The zero-order valence-corrected chi connectivity index (χ0v) is 15.9. The Morgan fingerprint density at radius 2 is 1.58 bits per heavy atom. The van der Waals surface area contributed by atoms with Crippen molar-refractivity contribution in [2.75, 3.05) is 36.0 Å².